The Hall–Kier alpha value is -1.25. The maximum atomic E-state index is 11.1. The molecule has 1 atom stereocenters. The summed E-state index contributed by atoms with van der Waals surface area (Å²) in [5.74, 6) is -0.831. The van der Waals surface area contributed by atoms with Gasteiger partial charge in [0, 0.05) is 11.7 Å². The molecule has 0 radical (unpaired) electrons. The van der Waals surface area contributed by atoms with Gasteiger partial charge in [0.05, 0.1) is 0 Å². The van der Waals surface area contributed by atoms with Crippen LogP contribution in [0.5, 0.6) is 0 Å². The van der Waals surface area contributed by atoms with E-state index in [9.17, 15) is 4.79 Å². The molecule has 16 heavy (non-hydrogen) atoms. The fraction of sp³-hybridized carbons (Fsp3) is 0.615. The number of hydrogen-bond acceptors (Lipinski definition) is 1. The van der Waals surface area contributed by atoms with Gasteiger partial charge >= 0.3 is 5.97 Å². The standard InChI is InChI=1S/C13H21NO2/c1-4-6-7-11-8-9-12(13(15)16)14(11)10(3)5-2/h8-10H,4-7H2,1-3H3,(H,15,16). The number of aryl methyl sites for hydroxylation is 1. The van der Waals surface area contributed by atoms with Gasteiger partial charge in [0.1, 0.15) is 5.69 Å². The summed E-state index contributed by atoms with van der Waals surface area (Å²) in [4.78, 5) is 11.1. The molecule has 0 aromatic carbocycles. The van der Waals surface area contributed by atoms with Gasteiger partial charge in [0.2, 0.25) is 0 Å². The molecule has 0 aliphatic carbocycles. The minimum atomic E-state index is -0.831. The van der Waals surface area contributed by atoms with Crippen LogP contribution in [-0.4, -0.2) is 15.6 Å². The second kappa shape index (κ2) is 5.73. The lowest BCUT2D eigenvalue weighted by molar-refractivity contribution is 0.0682. The number of aromatic nitrogens is 1. The minimum Gasteiger partial charge on any atom is -0.477 e. The van der Waals surface area contributed by atoms with Crippen LogP contribution in [0.4, 0.5) is 0 Å². The monoisotopic (exact) mass is 223 g/mol. The molecule has 0 fully saturated rings. The fourth-order valence-electron chi connectivity index (χ4n) is 1.93. The van der Waals surface area contributed by atoms with Gasteiger partial charge in [-0.1, -0.05) is 20.3 Å². The molecule has 1 aromatic rings. The van der Waals surface area contributed by atoms with Gasteiger partial charge < -0.3 is 9.67 Å². The van der Waals surface area contributed by atoms with Crippen molar-refractivity contribution in [3.8, 4) is 0 Å². The van der Waals surface area contributed by atoms with E-state index in [1.54, 1.807) is 6.07 Å². The van der Waals surface area contributed by atoms with E-state index in [4.69, 9.17) is 5.11 Å². The minimum absolute atomic E-state index is 0.257. The van der Waals surface area contributed by atoms with Gasteiger partial charge in [-0.3, -0.25) is 0 Å². The molecule has 90 valence electrons. The molecule has 0 saturated heterocycles. The molecule has 1 heterocycles. The topological polar surface area (TPSA) is 42.2 Å². The zero-order valence-electron chi connectivity index (χ0n) is 10.4. The quantitative estimate of drug-likeness (QED) is 0.802. The highest BCUT2D eigenvalue weighted by Crippen LogP contribution is 2.20. The Kier molecular flexibility index (Phi) is 4.59. The van der Waals surface area contributed by atoms with E-state index in [0.29, 0.717) is 5.69 Å². The van der Waals surface area contributed by atoms with Crippen LogP contribution in [0.25, 0.3) is 0 Å². The summed E-state index contributed by atoms with van der Waals surface area (Å²) in [6.07, 6.45) is 4.16. The number of carboxylic acids is 1. The molecule has 0 aliphatic heterocycles. The average molecular weight is 223 g/mol. The second-order valence-electron chi connectivity index (χ2n) is 4.25. The van der Waals surface area contributed by atoms with Crippen molar-refractivity contribution in [2.75, 3.05) is 0 Å². The normalized spacial score (nSPS) is 12.7. The van der Waals surface area contributed by atoms with E-state index in [1.807, 2.05) is 10.6 Å². The largest absolute Gasteiger partial charge is 0.477 e. The summed E-state index contributed by atoms with van der Waals surface area (Å²) in [5.41, 5.74) is 1.56. The number of carbonyl (C=O) groups is 1. The molecule has 1 N–H and O–H groups in total. The second-order valence-corrected chi connectivity index (χ2v) is 4.25. The van der Waals surface area contributed by atoms with Crippen LogP contribution in [0.3, 0.4) is 0 Å². The van der Waals surface area contributed by atoms with Gasteiger partial charge in [-0.25, -0.2) is 4.79 Å². The van der Waals surface area contributed by atoms with Crippen LogP contribution in [-0.2, 0) is 6.42 Å². The first-order chi connectivity index (χ1) is 7.61. The van der Waals surface area contributed by atoms with E-state index >= 15 is 0 Å². The summed E-state index contributed by atoms with van der Waals surface area (Å²) in [6, 6.07) is 3.93. The zero-order valence-corrected chi connectivity index (χ0v) is 10.4. The van der Waals surface area contributed by atoms with Crippen molar-refractivity contribution in [3.05, 3.63) is 23.5 Å². The Labute approximate surface area is 97.1 Å². The summed E-state index contributed by atoms with van der Waals surface area (Å²) < 4.78 is 1.97. The van der Waals surface area contributed by atoms with E-state index < -0.39 is 5.97 Å². The third kappa shape index (κ3) is 2.65. The van der Waals surface area contributed by atoms with Gasteiger partial charge in [-0.2, -0.15) is 0 Å². The van der Waals surface area contributed by atoms with Crippen molar-refractivity contribution < 1.29 is 9.90 Å². The predicted molar refractivity (Wildman–Crippen MR) is 65.0 cm³/mol. The number of unbranched alkanes of at least 4 members (excludes halogenated alkanes) is 1. The van der Waals surface area contributed by atoms with E-state index in [1.165, 1.54) is 0 Å². The first-order valence-electron chi connectivity index (χ1n) is 6.05. The Bertz CT molecular complexity index is 355. The maximum absolute atomic E-state index is 11.1. The molecule has 0 aliphatic rings. The van der Waals surface area contributed by atoms with Crippen molar-refractivity contribution in [1.29, 1.82) is 0 Å². The van der Waals surface area contributed by atoms with E-state index in [0.717, 1.165) is 31.4 Å². The van der Waals surface area contributed by atoms with Crippen LogP contribution < -0.4 is 0 Å². The SMILES string of the molecule is CCCCc1ccc(C(=O)O)n1C(C)CC. The summed E-state index contributed by atoms with van der Waals surface area (Å²) >= 11 is 0. The highest BCUT2D eigenvalue weighted by Gasteiger charge is 2.16. The Morgan fingerprint density at radius 3 is 2.62 bits per heavy atom. The third-order valence-corrected chi connectivity index (χ3v) is 3.04. The van der Waals surface area contributed by atoms with Gasteiger partial charge in [0.25, 0.3) is 0 Å². The first kappa shape index (κ1) is 12.8. The fourth-order valence-corrected chi connectivity index (χ4v) is 1.93. The predicted octanol–water partition coefficient (Wildman–Crippen LogP) is 3.50. The van der Waals surface area contributed by atoms with Crippen LogP contribution in [0.2, 0.25) is 0 Å². The molecule has 0 amide bonds. The first-order valence-corrected chi connectivity index (χ1v) is 6.05. The van der Waals surface area contributed by atoms with Crippen molar-refractivity contribution in [2.45, 2.75) is 52.5 Å². The van der Waals surface area contributed by atoms with Crippen molar-refractivity contribution in [2.24, 2.45) is 0 Å². The van der Waals surface area contributed by atoms with Gasteiger partial charge in [-0.05, 0) is 38.3 Å². The number of rotatable bonds is 6. The van der Waals surface area contributed by atoms with E-state index in [-0.39, 0.29) is 6.04 Å². The number of nitrogens with zero attached hydrogens (tertiary/aromatic N) is 1. The lowest BCUT2D eigenvalue weighted by Crippen LogP contribution is -2.14. The lowest BCUT2D eigenvalue weighted by Gasteiger charge is -2.17. The molecule has 3 heteroatoms. The van der Waals surface area contributed by atoms with Gasteiger partial charge in [-0.15, -0.1) is 0 Å². The molecule has 1 aromatic heterocycles. The highest BCUT2D eigenvalue weighted by molar-refractivity contribution is 5.86. The van der Waals surface area contributed by atoms with Crippen LogP contribution in [0.1, 0.15) is 62.3 Å². The molecular weight excluding hydrogens is 202 g/mol. The van der Waals surface area contributed by atoms with Crippen molar-refractivity contribution in [3.63, 3.8) is 0 Å². The van der Waals surface area contributed by atoms with Crippen molar-refractivity contribution in [1.82, 2.24) is 4.57 Å². The smallest absolute Gasteiger partial charge is 0.352 e. The number of aromatic carboxylic acids is 1. The molecule has 0 saturated carbocycles. The highest BCUT2D eigenvalue weighted by atomic mass is 16.4. The third-order valence-electron chi connectivity index (χ3n) is 3.04. The number of carboxylic acid groups (broad SMARTS) is 1. The molecule has 0 spiro atoms. The van der Waals surface area contributed by atoms with Crippen LogP contribution >= 0.6 is 0 Å². The van der Waals surface area contributed by atoms with Gasteiger partial charge in [0.15, 0.2) is 0 Å². The summed E-state index contributed by atoms with van der Waals surface area (Å²) in [7, 11) is 0. The molecular formula is C13H21NO2. The summed E-state index contributed by atoms with van der Waals surface area (Å²) in [6.45, 7) is 6.30. The lowest BCUT2D eigenvalue weighted by atomic mass is 10.2. The maximum Gasteiger partial charge on any atom is 0.352 e. The molecule has 1 unspecified atom stereocenters. The molecule has 3 nitrogen and oxygen atoms in total. The van der Waals surface area contributed by atoms with Crippen LogP contribution in [0, 0.1) is 0 Å². The van der Waals surface area contributed by atoms with E-state index in [2.05, 4.69) is 20.8 Å². The van der Waals surface area contributed by atoms with Crippen molar-refractivity contribution >= 4 is 5.97 Å². The Balaban J connectivity index is 3.04. The average Bonchev–Trinajstić information content (AvgIpc) is 2.69. The number of hydrogen-bond donors (Lipinski definition) is 1. The molecule has 0 bridgehead atoms. The van der Waals surface area contributed by atoms with Crippen LogP contribution in [0.15, 0.2) is 12.1 Å². The summed E-state index contributed by atoms with van der Waals surface area (Å²) in [5, 5.41) is 9.13. The zero-order chi connectivity index (χ0) is 12.1. The molecule has 1 rings (SSSR count). The Morgan fingerprint density at radius 2 is 2.12 bits per heavy atom. The Morgan fingerprint density at radius 1 is 1.44 bits per heavy atom.